The minimum Gasteiger partial charge on any atom is -0.368 e. The van der Waals surface area contributed by atoms with E-state index in [1.54, 1.807) is 0 Å². The molecule has 3 nitrogen and oxygen atoms in total. The van der Waals surface area contributed by atoms with E-state index in [1.165, 1.54) is 32.3 Å². The van der Waals surface area contributed by atoms with Crippen molar-refractivity contribution in [3.8, 4) is 33.9 Å². The number of thioether (sulfide) groups is 1. The number of nitrogens with one attached hydrogen (secondary N) is 1. The largest absolute Gasteiger partial charge is 0.368 e. The Balaban J connectivity index is 1.38. The first-order valence-corrected chi connectivity index (χ1v) is 14.7. The standard InChI is InChI=1S/C37H25N3S/c1-4-12-24(13-5-1)31-23-32(25-14-6-2-7-15-25)39-36(38-31)30-22-27-18-10-11-19-28(27)34-29(30)20-21-33-35(34)40-37(41-33)26-16-8-3-9-17-26/h1-23,37,40H. The van der Waals surface area contributed by atoms with Crippen molar-refractivity contribution in [1.82, 2.24) is 9.97 Å². The fourth-order valence-corrected chi connectivity index (χ4v) is 6.90. The van der Waals surface area contributed by atoms with Crippen molar-refractivity contribution in [2.24, 2.45) is 0 Å². The van der Waals surface area contributed by atoms with E-state index in [-0.39, 0.29) is 5.37 Å². The fraction of sp³-hybridized carbons (Fsp3) is 0.0270. The van der Waals surface area contributed by atoms with Gasteiger partial charge in [0.2, 0.25) is 0 Å². The van der Waals surface area contributed by atoms with Gasteiger partial charge in [-0.2, -0.15) is 0 Å². The van der Waals surface area contributed by atoms with Gasteiger partial charge in [-0.15, -0.1) is 0 Å². The van der Waals surface area contributed by atoms with Crippen molar-refractivity contribution in [1.29, 1.82) is 0 Å². The van der Waals surface area contributed by atoms with Gasteiger partial charge in [0, 0.05) is 27.0 Å². The second kappa shape index (κ2) is 9.92. The Kier molecular flexibility index (Phi) is 5.78. The molecule has 41 heavy (non-hydrogen) atoms. The Morgan fingerprint density at radius 3 is 1.85 bits per heavy atom. The molecular formula is C37H25N3S. The second-order valence-electron chi connectivity index (χ2n) is 10.3. The number of hydrogen-bond donors (Lipinski definition) is 1. The number of hydrogen-bond acceptors (Lipinski definition) is 4. The molecule has 2 heterocycles. The van der Waals surface area contributed by atoms with Gasteiger partial charge in [-0.3, -0.25) is 0 Å². The lowest BCUT2D eigenvalue weighted by atomic mass is 9.95. The highest BCUT2D eigenvalue weighted by atomic mass is 32.2. The molecule has 194 valence electrons. The van der Waals surface area contributed by atoms with Gasteiger partial charge in [-0.05, 0) is 39.9 Å². The third-order valence-corrected chi connectivity index (χ3v) is 8.94. The van der Waals surface area contributed by atoms with Crippen LogP contribution in [0.5, 0.6) is 0 Å². The molecule has 1 aliphatic rings. The average molecular weight is 544 g/mol. The minimum absolute atomic E-state index is 0.168. The van der Waals surface area contributed by atoms with Crippen LogP contribution in [0.2, 0.25) is 0 Å². The van der Waals surface area contributed by atoms with E-state index in [0.29, 0.717) is 0 Å². The Morgan fingerprint density at radius 2 is 1.17 bits per heavy atom. The maximum absolute atomic E-state index is 5.18. The van der Waals surface area contributed by atoms with Crippen LogP contribution in [0.25, 0.3) is 55.4 Å². The predicted octanol–water partition coefficient (Wildman–Crippen LogP) is 10.0. The fourth-order valence-electron chi connectivity index (χ4n) is 5.75. The highest BCUT2D eigenvalue weighted by Crippen LogP contribution is 2.51. The number of nitrogens with zero attached hydrogens (tertiary/aromatic N) is 2. The number of anilines is 1. The predicted molar refractivity (Wildman–Crippen MR) is 172 cm³/mol. The van der Waals surface area contributed by atoms with Crippen LogP contribution in [0.15, 0.2) is 144 Å². The van der Waals surface area contributed by atoms with E-state index < -0.39 is 0 Å². The summed E-state index contributed by atoms with van der Waals surface area (Å²) >= 11 is 1.87. The van der Waals surface area contributed by atoms with Gasteiger partial charge in [0.25, 0.3) is 0 Å². The molecule has 8 rings (SSSR count). The monoisotopic (exact) mass is 543 g/mol. The molecule has 0 aliphatic carbocycles. The number of benzene rings is 6. The third kappa shape index (κ3) is 4.24. The summed E-state index contributed by atoms with van der Waals surface area (Å²) in [5, 5.41) is 8.80. The van der Waals surface area contributed by atoms with Crippen molar-refractivity contribution in [3.05, 3.63) is 145 Å². The van der Waals surface area contributed by atoms with Gasteiger partial charge in [-0.1, -0.05) is 133 Å². The summed E-state index contributed by atoms with van der Waals surface area (Å²) in [6, 6.07) is 48.9. The Bertz CT molecular complexity index is 1980. The molecule has 1 N–H and O–H groups in total. The molecule has 0 saturated heterocycles. The molecule has 0 fully saturated rings. The number of rotatable bonds is 4. The number of fused-ring (bicyclic) bond motifs is 5. The quantitative estimate of drug-likeness (QED) is 0.224. The average Bonchev–Trinajstić information content (AvgIpc) is 3.50. The van der Waals surface area contributed by atoms with E-state index >= 15 is 0 Å². The first-order valence-electron chi connectivity index (χ1n) is 13.8. The van der Waals surface area contributed by atoms with Crippen molar-refractivity contribution >= 4 is 39.0 Å². The van der Waals surface area contributed by atoms with Crippen LogP contribution in [-0.4, -0.2) is 9.97 Å². The summed E-state index contributed by atoms with van der Waals surface area (Å²) in [7, 11) is 0. The van der Waals surface area contributed by atoms with Gasteiger partial charge < -0.3 is 5.32 Å². The molecule has 1 unspecified atom stereocenters. The Labute approximate surface area is 242 Å². The van der Waals surface area contributed by atoms with Gasteiger partial charge >= 0.3 is 0 Å². The molecule has 0 saturated carbocycles. The smallest absolute Gasteiger partial charge is 0.161 e. The summed E-state index contributed by atoms with van der Waals surface area (Å²) < 4.78 is 0. The summed E-state index contributed by atoms with van der Waals surface area (Å²) in [5.74, 6) is 0.728. The Morgan fingerprint density at radius 1 is 0.561 bits per heavy atom. The van der Waals surface area contributed by atoms with Gasteiger partial charge in [0.05, 0.1) is 17.1 Å². The zero-order valence-electron chi connectivity index (χ0n) is 22.2. The van der Waals surface area contributed by atoms with E-state index in [0.717, 1.165) is 39.3 Å². The topological polar surface area (TPSA) is 37.8 Å². The summed E-state index contributed by atoms with van der Waals surface area (Å²) in [4.78, 5) is 11.6. The van der Waals surface area contributed by atoms with Crippen LogP contribution in [0.3, 0.4) is 0 Å². The van der Waals surface area contributed by atoms with Crippen LogP contribution < -0.4 is 5.32 Å². The van der Waals surface area contributed by atoms with Crippen molar-refractivity contribution < 1.29 is 0 Å². The maximum Gasteiger partial charge on any atom is 0.161 e. The molecule has 1 aromatic heterocycles. The van der Waals surface area contributed by atoms with Crippen LogP contribution in [0.4, 0.5) is 5.69 Å². The highest BCUT2D eigenvalue weighted by Gasteiger charge is 2.26. The lowest BCUT2D eigenvalue weighted by Crippen LogP contribution is -2.01. The van der Waals surface area contributed by atoms with Crippen molar-refractivity contribution in [3.63, 3.8) is 0 Å². The van der Waals surface area contributed by atoms with E-state index in [1.807, 2.05) is 23.9 Å². The van der Waals surface area contributed by atoms with Crippen molar-refractivity contribution in [2.75, 3.05) is 5.32 Å². The van der Waals surface area contributed by atoms with Gasteiger partial charge in [0.15, 0.2) is 5.82 Å². The summed E-state index contributed by atoms with van der Waals surface area (Å²) in [6.07, 6.45) is 0. The molecule has 0 bridgehead atoms. The molecule has 0 amide bonds. The first-order chi connectivity index (χ1) is 20.3. The highest BCUT2D eigenvalue weighted by molar-refractivity contribution is 8.00. The lowest BCUT2D eigenvalue weighted by Gasteiger charge is -2.16. The van der Waals surface area contributed by atoms with E-state index in [4.69, 9.17) is 9.97 Å². The minimum atomic E-state index is 0.168. The molecule has 4 heteroatoms. The van der Waals surface area contributed by atoms with Crippen LogP contribution in [0.1, 0.15) is 10.9 Å². The zero-order valence-corrected chi connectivity index (χ0v) is 23.0. The van der Waals surface area contributed by atoms with Gasteiger partial charge in [0.1, 0.15) is 5.37 Å². The molecule has 7 aromatic rings. The third-order valence-electron chi connectivity index (χ3n) is 7.72. The normalized spacial score (nSPS) is 14.2. The zero-order chi connectivity index (χ0) is 27.2. The molecule has 1 aliphatic heterocycles. The van der Waals surface area contributed by atoms with E-state index in [2.05, 4.69) is 133 Å². The number of aromatic nitrogens is 2. The van der Waals surface area contributed by atoms with E-state index in [9.17, 15) is 0 Å². The van der Waals surface area contributed by atoms with Crippen LogP contribution in [0, 0.1) is 0 Å². The van der Waals surface area contributed by atoms with Crippen LogP contribution in [-0.2, 0) is 0 Å². The molecular weight excluding hydrogens is 518 g/mol. The maximum atomic E-state index is 5.18. The second-order valence-corrected chi connectivity index (χ2v) is 11.4. The summed E-state index contributed by atoms with van der Waals surface area (Å²) in [6.45, 7) is 0. The molecule has 6 aromatic carbocycles. The molecule has 1 atom stereocenters. The lowest BCUT2D eigenvalue weighted by molar-refractivity contribution is 1.14. The molecule has 0 radical (unpaired) electrons. The SMILES string of the molecule is c1ccc(-c2cc(-c3ccccc3)nc(-c3cc4ccccc4c4c5c(ccc34)SC(c3ccccc3)N5)n2)cc1. The first kappa shape index (κ1) is 23.9. The van der Waals surface area contributed by atoms with Crippen LogP contribution >= 0.6 is 11.8 Å². The van der Waals surface area contributed by atoms with Gasteiger partial charge in [-0.25, -0.2) is 9.97 Å². The Hall–Kier alpha value is -4.93. The summed E-state index contributed by atoms with van der Waals surface area (Å²) in [5.41, 5.74) is 7.46. The molecule has 0 spiro atoms. The van der Waals surface area contributed by atoms with Crippen molar-refractivity contribution in [2.45, 2.75) is 10.3 Å².